The summed E-state index contributed by atoms with van der Waals surface area (Å²) in [6.45, 7) is 4.70. The Balaban J connectivity index is 1.41. The minimum Gasteiger partial charge on any atom is -0.493 e. The number of nitrogens with zero attached hydrogens (tertiary/aromatic N) is 6. The lowest BCUT2D eigenvalue weighted by Crippen LogP contribution is -2.62. The SMILES string of the molecule is COc1cc2c(cc1O[C@H](C)c1c(Cl)cncc1Cl)c(-c1cnc(N3CC(C)(OS(C)(=O)=O)C3)c(C#N)c1)nn2C1CCCCO1. The fraction of sp³-hybridized carbons (Fsp3) is 0.419. The first-order chi connectivity index (χ1) is 21.9. The lowest BCUT2D eigenvalue weighted by Gasteiger charge is -2.47. The van der Waals surface area contributed by atoms with Gasteiger partial charge in [-0.3, -0.25) is 9.17 Å². The Kier molecular flexibility index (Phi) is 8.77. The highest BCUT2D eigenvalue weighted by Crippen LogP contribution is 2.43. The topological polar surface area (TPSA) is 142 Å². The van der Waals surface area contributed by atoms with E-state index in [9.17, 15) is 13.7 Å². The standard InChI is InChI=1S/C31H32Cl2N6O6S/c1-18(28-22(32)14-35-15-23(28)33)44-26-10-21-24(11-25(26)42-3)39(27-7-5-6-8-43-27)37-29(21)20-9-19(12-34)30(36-13-20)38-16-31(2,17-38)45-46(4,40)41/h9-11,13-15,18,27H,5-8,16-17H2,1-4H3/t18-,27?/m1/s1. The second kappa shape index (κ2) is 12.5. The molecule has 0 bridgehead atoms. The van der Waals surface area contributed by atoms with E-state index in [1.807, 2.05) is 28.6 Å². The number of hydrogen-bond acceptors (Lipinski definition) is 11. The third kappa shape index (κ3) is 6.32. The molecule has 2 aliphatic rings. The van der Waals surface area contributed by atoms with Gasteiger partial charge in [0.2, 0.25) is 0 Å². The highest BCUT2D eigenvalue weighted by molar-refractivity contribution is 7.86. The van der Waals surface area contributed by atoms with Crippen LogP contribution in [0.2, 0.25) is 10.0 Å². The van der Waals surface area contributed by atoms with Gasteiger partial charge in [-0.05, 0) is 45.2 Å². The summed E-state index contributed by atoms with van der Waals surface area (Å²) in [6.07, 6.45) is 7.63. The van der Waals surface area contributed by atoms with Gasteiger partial charge in [0.15, 0.2) is 17.7 Å². The van der Waals surface area contributed by atoms with Gasteiger partial charge in [-0.1, -0.05) is 23.2 Å². The lowest BCUT2D eigenvalue weighted by atomic mass is 9.96. The second-order valence-corrected chi connectivity index (χ2v) is 14.1. The Bertz CT molecular complexity index is 1930. The van der Waals surface area contributed by atoms with Crippen molar-refractivity contribution in [3.05, 3.63) is 58.0 Å². The molecule has 1 aromatic carbocycles. The minimum absolute atomic E-state index is 0.266. The zero-order valence-corrected chi connectivity index (χ0v) is 28.0. The van der Waals surface area contributed by atoms with Gasteiger partial charge in [-0.25, -0.2) is 9.67 Å². The van der Waals surface area contributed by atoms with Crippen LogP contribution in [0.25, 0.3) is 22.2 Å². The maximum absolute atomic E-state index is 11.7. The largest absolute Gasteiger partial charge is 0.493 e. The summed E-state index contributed by atoms with van der Waals surface area (Å²) >= 11 is 12.8. The Labute approximate surface area is 276 Å². The summed E-state index contributed by atoms with van der Waals surface area (Å²) in [5, 5.41) is 16.6. The van der Waals surface area contributed by atoms with Gasteiger partial charge in [-0.2, -0.15) is 18.8 Å². The fourth-order valence-electron chi connectivity index (χ4n) is 6.05. The molecule has 2 saturated heterocycles. The number of hydrogen-bond donors (Lipinski definition) is 0. The number of benzene rings is 1. The van der Waals surface area contributed by atoms with E-state index < -0.39 is 21.8 Å². The molecule has 2 fully saturated rings. The van der Waals surface area contributed by atoms with Crippen LogP contribution in [0.1, 0.15) is 56.6 Å². The number of pyridine rings is 2. The molecule has 6 rings (SSSR count). The number of methoxy groups -OCH3 is 1. The number of fused-ring (bicyclic) bond motifs is 1. The number of ether oxygens (including phenoxy) is 3. The second-order valence-electron chi connectivity index (χ2n) is 11.7. The van der Waals surface area contributed by atoms with Gasteiger partial charge in [0.1, 0.15) is 29.3 Å². The third-order valence-corrected chi connectivity index (χ3v) is 9.29. The van der Waals surface area contributed by atoms with Gasteiger partial charge in [0.05, 0.1) is 47.6 Å². The van der Waals surface area contributed by atoms with Crippen LogP contribution in [0.15, 0.2) is 36.8 Å². The van der Waals surface area contributed by atoms with Crippen molar-refractivity contribution in [2.24, 2.45) is 0 Å². The maximum atomic E-state index is 11.7. The quantitative estimate of drug-likeness (QED) is 0.189. The van der Waals surface area contributed by atoms with Crippen molar-refractivity contribution < 1.29 is 26.8 Å². The Morgan fingerprint density at radius 2 is 1.87 bits per heavy atom. The van der Waals surface area contributed by atoms with Crippen LogP contribution < -0.4 is 14.4 Å². The van der Waals surface area contributed by atoms with E-state index in [2.05, 4.69) is 16.0 Å². The van der Waals surface area contributed by atoms with Gasteiger partial charge < -0.3 is 19.1 Å². The molecule has 0 aliphatic carbocycles. The predicted octanol–water partition coefficient (Wildman–Crippen LogP) is 6.07. The summed E-state index contributed by atoms with van der Waals surface area (Å²) in [6, 6.07) is 7.67. The molecule has 12 nitrogen and oxygen atoms in total. The smallest absolute Gasteiger partial charge is 0.265 e. The van der Waals surface area contributed by atoms with E-state index in [0.29, 0.717) is 56.4 Å². The highest BCUT2D eigenvalue weighted by atomic mass is 35.5. The molecule has 0 spiro atoms. The molecule has 4 aromatic rings. The monoisotopic (exact) mass is 686 g/mol. The molecule has 15 heteroatoms. The first-order valence-corrected chi connectivity index (χ1v) is 17.2. The molecular formula is C31H32Cl2N6O6S. The van der Waals surface area contributed by atoms with Crippen molar-refractivity contribution in [1.82, 2.24) is 19.7 Å². The zero-order chi connectivity index (χ0) is 32.8. The molecule has 5 heterocycles. The molecule has 3 aromatic heterocycles. The average molecular weight is 688 g/mol. The molecule has 242 valence electrons. The van der Waals surface area contributed by atoms with Crippen molar-refractivity contribution in [2.75, 3.05) is 38.0 Å². The number of nitriles is 1. The number of rotatable bonds is 9. The average Bonchev–Trinajstić information content (AvgIpc) is 3.37. The Morgan fingerprint density at radius 3 is 2.50 bits per heavy atom. The van der Waals surface area contributed by atoms with Crippen LogP contribution in [0.4, 0.5) is 5.82 Å². The van der Waals surface area contributed by atoms with Crippen LogP contribution >= 0.6 is 23.2 Å². The molecule has 46 heavy (non-hydrogen) atoms. The molecule has 0 N–H and O–H groups in total. The lowest BCUT2D eigenvalue weighted by molar-refractivity contribution is -0.0365. The molecule has 0 radical (unpaired) electrons. The number of anilines is 1. The van der Waals surface area contributed by atoms with Crippen molar-refractivity contribution in [2.45, 2.75) is 51.0 Å². The highest BCUT2D eigenvalue weighted by Gasteiger charge is 2.44. The molecule has 1 unspecified atom stereocenters. The fourth-order valence-corrected chi connectivity index (χ4v) is 7.56. The molecular weight excluding hydrogens is 655 g/mol. The van der Waals surface area contributed by atoms with Crippen LogP contribution in [0.3, 0.4) is 0 Å². The summed E-state index contributed by atoms with van der Waals surface area (Å²) in [7, 11) is -2.08. The Hall–Kier alpha value is -3.67. The van der Waals surface area contributed by atoms with E-state index in [-0.39, 0.29) is 19.3 Å². The summed E-state index contributed by atoms with van der Waals surface area (Å²) in [4.78, 5) is 10.5. The first-order valence-electron chi connectivity index (χ1n) is 14.6. The van der Waals surface area contributed by atoms with Crippen molar-refractivity contribution in [1.29, 1.82) is 5.26 Å². The summed E-state index contributed by atoms with van der Waals surface area (Å²) in [5.74, 6) is 1.35. The number of halogens is 2. The van der Waals surface area contributed by atoms with Gasteiger partial charge >= 0.3 is 0 Å². The molecule has 2 aliphatic heterocycles. The van der Waals surface area contributed by atoms with Gasteiger partial charge in [-0.15, -0.1) is 0 Å². The summed E-state index contributed by atoms with van der Waals surface area (Å²) < 4.78 is 48.7. The zero-order valence-electron chi connectivity index (χ0n) is 25.7. The van der Waals surface area contributed by atoms with Gasteiger partial charge in [0, 0.05) is 47.8 Å². The van der Waals surface area contributed by atoms with E-state index in [4.69, 9.17) is 46.7 Å². The van der Waals surface area contributed by atoms with Gasteiger partial charge in [0.25, 0.3) is 10.1 Å². The van der Waals surface area contributed by atoms with Crippen molar-refractivity contribution in [3.8, 4) is 28.8 Å². The van der Waals surface area contributed by atoms with E-state index in [1.165, 1.54) is 12.4 Å². The van der Waals surface area contributed by atoms with Crippen LogP contribution in [0, 0.1) is 11.3 Å². The van der Waals surface area contributed by atoms with Crippen LogP contribution in [-0.4, -0.2) is 66.8 Å². The van der Waals surface area contributed by atoms with Crippen LogP contribution in [0.5, 0.6) is 11.5 Å². The van der Waals surface area contributed by atoms with E-state index in [0.717, 1.165) is 36.4 Å². The predicted molar refractivity (Wildman–Crippen MR) is 173 cm³/mol. The molecule has 0 amide bonds. The Morgan fingerprint density at radius 1 is 1.13 bits per heavy atom. The first kappa shape index (κ1) is 32.3. The minimum atomic E-state index is -3.64. The van der Waals surface area contributed by atoms with Crippen molar-refractivity contribution in [3.63, 3.8) is 0 Å². The summed E-state index contributed by atoms with van der Waals surface area (Å²) in [5.41, 5.74) is 1.96. The van der Waals surface area contributed by atoms with E-state index >= 15 is 0 Å². The maximum Gasteiger partial charge on any atom is 0.265 e. The normalized spacial score (nSPS) is 18.5. The molecule has 2 atom stereocenters. The molecule has 0 saturated carbocycles. The van der Waals surface area contributed by atoms with Crippen molar-refractivity contribution >= 4 is 50.0 Å². The third-order valence-electron chi connectivity index (χ3n) is 7.98. The van der Waals surface area contributed by atoms with E-state index in [1.54, 1.807) is 26.3 Å². The number of aromatic nitrogens is 4. The van der Waals surface area contributed by atoms with Crippen LogP contribution in [-0.2, 0) is 19.0 Å².